The van der Waals surface area contributed by atoms with Crippen molar-refractivity contribution in [3.05, 3.63) is 47.5 Å². The first kappa shape index (κ1) is 9.47. The Morgan fingerprint density at radius 2 is 1.93 bits per heavy atom. The molecule has 1 aliphatic rings. The lowest BCUT2D eigenvalue weighted by atomic mass is 9.98. The molecule has 0 N–H and O–H groups in total. The topological polar surface area (TPSA) is 9.23 Å². The predicted octanol–water partition coefficient (Wildman–Crippen LogP) is 3.48. The Bertz CT molecular complexity index is 326. The van der Waals surface area contributed by atoms with Crippen LogP contribution in [0.1, 0.15) is 31.9 Å². The average molecular weight is 188 g/mol. The second kappa shape index (κ2) is 3.97. The Kier molecular flexibility index (Phi) is 2.69. The van der Waals surface area contributed by atoms with Crippen molar-refractivity contribution in [1.29, 1.82) is 0 Å². The van der Waals surface area contributed by atoms with Crippen molar-refractivity contribution in [1.82, 2.24) is 0 Å². The molecule has 0 unspecified atom stereocenters. The molecule has 0 spiro atoms. The van der Waals surface area contributed by atoms with E-state index in [1.807, 2.05) is 6.07 Å². The fourth-order valence-electron chi connectivity index (χ4n) is 1.97. The lowest BCUT2D eigenvalue weighted by Gasteiger charge is -2.26. The van der Waals surface area contributed by atoms with Crippen molar-refractivity contribution in [2.45, 2.75) is 32.5 Å². The standard InChI is InChI=1S/C13H16O/c1-10-8-11(2)14-13(9-10)12-6-4-3-5-7-12/h3-8,11,13H,9H2,1-2H3/t11-,13+/m1/s1. The van der Waals surface area contributed by atoms with Crippen LogP contribution in [0.5, 0.6) is 0 Å². The maximum absolute atomic E-state index is 5.87. The molecule has 1 nitrogen and oxygen atoms in total. The fourth-order valence-corrected chi connectivity index (χ4v) is 1.97. The lowest BCUT2D eigenvalue weighted by molar-refractivity contribution is 0.0114. The monoisotopic (exact) mass is 188 g/mol. The van der Waals surface area contributed by atoms with Crippen LogP contribution in [0.4, 0.5) is 0 Å². The summed E-state index contributed by atoms with van der Waals surface area (Å²) in [5.41, 5.74) is 2.71. The van der Waals surface area contributed by atoms with E-state index in [0.29, 0.717) is 0 Å². The van der Waals surface area contributed by atoms with Crippen molar-refractivity contribution in [2.75, 3.05) is 0 Å². The van der Waals surface area contributed by atoms with E-state index in [0.717, 1.165) is 6.42 Å². The number of hydrogen-bond acceptors (Lipinski definition) is 1. The highest BCUT2D eigenvalue weighted by molar-refractivity contribution is 5.21. The smallest absolute Gasteiger partial charge is 0.0869 e. The second-order valence-corrected chi connectivity index (χ2v) is 3.96. The molecule has 0 aliphatic carbocycles. The summed E-state index contributed by atoms with van der Waals surface area (Å²) in [5, 5.41) is 0. The van der Waals surface area contributed by atoms with Crippen LogP contribution in [0, 0.1) is 0 Å². The van der Waals surface area contributed by atoms with E-state index >= 15 is 0 Å². The first-order chi connectivity index (χ1) is 6.75. The molecule has 0 bridgehead atoms. The van der Waals surface area contributed by atoms with Crippen molar-refractivity contribution >= 4 is 0 Å². The highest BCUT2D eigenvalue weighted by atomic mass is 16.5. The minimum Gasteiger partial charge on any atom is -0.366 e. The minimum absolute atomic E-state index is 0.244. The van der Waals surface area contributed by atoms with Gasteiger partial charge in [0.25, 0.3) is 0 Å². The normalized spacial score (nSPS) is 27.1. The Morgan fingerprint density at radius 3 is 2.57 bits per heavy atom. The number of rotatable bonds is 1. The van der Waals surface area contributed by atoms with Crippen molar-refractivity contribution < 1.29 is 4.74 Å². The molecule has 0 amide bonds. The summed E-state index contributed by atoms with van der Waals surface area (Å²) in [6, 6.07) is 10.4. The Hall–Kier alpha value is -1.08. The van der Waals surface area contributed by atoms with E-state index in [-0.39, 0.29) is 12.2 Å². The van der Waals surface area contributed by atoms with Crippen molar-refractivity contribution in [3.8, 4) is 0 Å². The summed E-state index contributed by atoms with van der Waals surface area (Å²) < 4.78 is 5.87. The molecule has 1 aliphatic heterocycles. The molecular formula is C13H16O. The van der Waals surface area contributed by atoms with E-state index < -0.39 is 0 Å². The van der Waals surface area contributed by atoms with Gasteiger partial charge in [-0.05, 0) is 25.8 Å². The molecule has 2 atom stereocenters. The van der Waals surface area contributed by atoms with Crippen molar-refractivity contribution in [3.63, 3.8) is 0 Å². The first-order valence-corrected chi connectivity index (χ1v) is 5.13. The maximum atomic E-state index is 5.87. The van der Waals surface area contributed by atoms with E-state index in [1.54, 1.807) is 0 Å². The molecule has 14 heavy (non-hydrogen) atoms. The fraction of sp³-hybridized carbons (Fsp3) is 0.385. The zero-order valence-corrected chi connectivity index (χ0v) is 8.73. The van der Waals surface area contributed by atoms with Crippen LogP contribution in [0.2, 0.25) is 0 Å². The van der Waals surface area contributed by atoms with E-state index in [2.05, 4.69) is 44.2 Å². The van der Waals surface area contributed by atoms with Gasteiger partial charge in [-0.15, -0.1) is 0 Å². The molecule has 1 aromatic carbocycles. The molecular weight excluding hydrogens is 172 g/mol. The predicted molar refractivity (Wildman–Crippen MR) is 58.1 cm³/mol. The summed E-state index contributed by atoms with van der Waals surface area (Å²) in [7, 11) is 0. The maximum Gasteiger partial charge on any atom is 0.0869 e. The SMILES string of the molecule is CC1=C[C@@H](C)O[C@H](c2ccccc2)C1. The van der Waals surface area contributed by atoms with E-state index in [9.17, 15) is 0 Å². The van der Waals surface area contributed by atoms with Crippen LogP contribution in [0.25, 0.3) is 0 Å². The van der Waals surface area contributed by atoms with Gasteiger partial charge in [0.05, 0.1) is 12.2 Å². The lowest BCUT2D eigenvalue weighted by Crippen LogP contribution is -2.17. The van der Waals surface area contributed by atoms with Gasteiger partial charge in [0.15, 0.2) is 0 Å². The summed E-state index contributed by atoms with van der Waals surface area (Å²) in [4.78, 5) is 0. The van der Waals surface area contributed by atoms with Gasteiger partial charge < -0.3 is 4.74 Å². The third-order valence-corrected chi connectivity index (χ3v) is 2.58. The van der Waals surface area contributed by atoms with Crippen LogP contribution < -0.4 is 0 Å². The third-order valence-electron chi connectivity index (χ3n) is 2.58. The molecule has 0 fully saturated rings. The molecule has 2 rings (SSSR count). The second-order valence-electron chi connectivity index (χ2n) is 3.96. The summed E-state index contributed by atoms with van der Waals surface area (Å²) >= 11 is 0. The number of ether oxygens (including phenoxy) is 1. The molecule has 0 saturated heterocycles. The van der Waals surface area contributed by atoms with Gasteiger partial charge in [-0.25, -0.2) is 0 Å². The zero-order chi connectivity index (χ0) is 9.97. The Labute approximate surface area is 85.4 Å². The summed E-state index contributed by atoms with van der Waals surface area (Å²) in [6.45, 7) is 4.27. The van der Waals surface area contributed by atoms with Gasteiger partial charge in [0.2, 0.25) is 0 Å². The van der Waals surface area contributed by atoms with Crippen molar-refractivity contribution in [2.24, 2.45) is 0 Å². The molecule has 74 valence electrons. The average Bonchev–Trinajstić information content (AvgIpc) is 2.18. The molecule has 1 heteroatoms. The van der Waals surface area contributed by atoms with Crippen LogP contribution >= 0.6 is 0 Å². The quantitative estimate of drug-likeness (QED) is 0.613. The minimum atomic E-state index is 0.244. The van der Waals surface area contributed by atoms with E-state index in [1.165, 1.54) is 11.1 Å². The first-order valence-electron chi connectivity index (χ1n) is 5.13. The Balaban J connectivity index is 2.18. The van der Waals surface area contributed by atoms with Crippen LogP contribution in [0.3, 0.4) is 0 Å². The van der Waals surface area contributed by atoms with Gasteiger partial charge in [-0.2, -0.15) is 0 Å². The molecule has 1 heterocycles. The van der Waals surface area contributed by atoms with Crippen LogP contribution in [0.15, 0.2) is 42.0 Å². The number of benzene rings is 1. The molecule has 1 aromatic rings. The van der Waals surface area contributed by atoms with Gasteiger partial charge in [-0.1, -0.05) is 42.0 Å². The molecule has 0 radical (unpaired) electrons. The Morgan fingerprint density at radius 1 is 1.21 bits per heavy atom. The van der Waals surface area contributed by atoms with Crippen LogP contribution in [-0.2, 0) is 4.74 Å². The molecule has 0 saturated carbocycles. The molecule has 0 aromatic heterocycles. The summed E-state index contributed by atoms with van der Waals surface area (Å²) in [6.07, 6.45) is 3.71. The highest BCUT2D eigenvalue weighted by Gasteiger charge is 2.19. The summed E-state index contributed by atoms with van der Waals surface area (Å²) in [5.74, 6) is 0. The largest absolute Gasteiger partial charge is 0.366 e. The van der Waals surface area contributed by atoms with E-state index in [4.69, 9.17) is 4.74 Å². The highest BCUT2D eigenvalue weighted by Crippen LogP contribution is 2.30. The van der Waals surface area contributed by atoms with Crippen LogP contribution in [-0.4, -0.2) is 6.10 Å². The van der Waals surface area contributed by atoms with Gasteiger partial charge in [-0.3, -0.25) is 0 Å². The van der Waals surface area contributed by atoms with Gasteiger partial charge in [0.1, 0.15) is 0 Å². The van der Waals surface area contributed by atoms with Gasteiger partial charge >= 0.3 is 0 Å². The number of hydrogen-bond donors (Lipinski definition) is 0. The van der Waals surface area contributed by atoms with Gasteiger partial charge in [0, 0.05) is 0 Å². The third kappa shape index (κ3) is 2.05. The zero-order valence-electron chi connectivity index (χ0n) is 8.73.